The van der Waals surface area contributed by atoms with E-state index in [4.69, 9.17) is 0 Å². The second kappa shape index (κ2) is 4.92. The van der Waals surface area contributed by atoms with E-state index >= 15 is 0 Å². The summed E-state index contributed by atoms with van der Waals surface area (Å²) in [6.45, 7) is 4.87. The fourth-order valence-electron chi connectivity index (χ4n) is 0.640. The highest BCUT2D eigenvalue weighted by molar-refractivity contribution is 6.02. The molecule has 74 valence electrons. The van der Waals surface area contributed by atoms with Crippen molar-refractivity contribution in [2.45, 2.75) is 39.2 Å². The molecule has 0 aliphatic heterocycles. The number of hydrogen-bond acceptors (Lipinski definition) is 3. The maximum atomic E-state index is 11.2. The zero-order chi connectivity index (χ0) is 10.5. The van der Waals surface area contributed by atoms with E-state index in [-0.39, 0.29) is 5.78 Å². The van der Waals surface area contributed by atoms with E-state index < -0.39 is 11.4 Å². The summed E-state index contributed by atoms with van der Waals surface area (Å²) in [5.74, 6) is -0.531. The molecule has 0 spiro atoms. The van der Waals surface area contributed by atoms with Crippen LogP contribution in [0.2, 0.25) is 0 Å². The van der Waals surface area contributed by atoms with Gasteiger partial charge in [0.25, 0.3) is 0 Å². The van der Waals surface area contributed by atoms with Crippen LogP contribution in [0, 0.1) is 0 Å². The Labute approximate surface area is 78.5 Å². The fraction of sp³-hybridized carbons (Fsp3) is 0.600. The van der Waals surface area contributed by atoms with E-state index in [1.807, 2.05) is 0 Å². The molecule has 0 saturated heterocycles. The largest absolute Gasteiger partial charge is 0.382 e. The average Bonchev–Trinajstić information content (AvgIpc) is 2.13. The minimum absolute atomic E-state index is 0.111. The molecule has 0 aromatic carbocycles. The number of rotatable bonds is 5. The highest BCUT2D eigenvalue weighted by Crippen LogP contribution is 2.10. The first-order valence-electron chi connectivity index (χ1n) is 4.41. The van der Waals surface area contributed by atoms with Crippen molar-refractivity contribution in [3.63, 3.8) is 0 Å². The van der Waals surface area contributed by atoms with Gasteiger partial charge in [-0.15, -0.1) is 0 Å². The van der Waals surface area contributed by atoms with Crippen LogP contribution in [0.5, 0.6) is 0 Å². The smallest absolute Gasteiger partial charge is 0.186 e. The van der Waals surface area contributed by atoms with Crippen LogP contribution in [-0.4, -0.2) is 22.3 Å². The zero-order valence-electron chi connectivity index (χ0n) is 8.33. The minimum Gasteiger partial charge on any atom is -0.382 e. The highest BCUT2D eigenvalue weighted by atomic mass is 16.3. The van der Waals surface area contributed by atoms with Gasteiger partial charge in [0.15, 0.2) is 11.6 Å². The third-order valence-electron chi connectivity index (χ3n) is 1.99. The van der Waals surface area contributed by atoms with E-state index in [0.717, 1.165) is 6.08 Å². The Morgan fingerprint density at radius 2 is 1.85 bits per heavy atom. The van der Waals surface area contributed by atoms with Crippen molar-refractivity contribution in [3.8, 4) is 0 Å². The lowest BCUT2D eigenvalue weighted by Crippen LogP contribution is -2.32. The van der Waals surface area contributed by atoms with Gasteiger partial charge in [0.05, 0.1) is 0 Å². The molecule has 1 N–H and O–H groups in total. The second-order valence-electron chi connectivity index (χ2n) is 3.14. The Morgan fingerprint density at radius 1 is 1.31 bits per heavy atom. The number of ketones is 2. The van der Waals surface area contributed by atoms with Crippen LogP contribution in [0.4, 0.5) is 0 Å². The number of carbonyl (C=O) groups excluding carboxylic acids is 2. The summed E-state index contributed by atoms with van der Waals surface area (Å²) in [6, 6.07) is 0. The number of aliphatic hydroxyl groups is 1. The van der Waals surface area contributed by atoms with E-state index in [0.29, 0.717) is 12.8 Å². The zero-order valence-corrected chi connectivity index (χ0v) is 8.33. The molecule has 0 aromatic heterocycles. The van der Waals surface area contributed by atoms with Gasteiger partial charge in [-0.2, -0.15) is 0 Å². The van der Waals surface area contributed by atoms with E-state index in [2.05, 4.69) is 0 Å². The van der Waals surface area contributed by atoms with Crippen LogP contribution < -0.4 is 0 Å². The Balaban J connectivity index is 4.31. The summed E-state index contributed by atoms with van der Waals surface area (Å²) in [6.07, 6.45) is 3.08. The van der Waals surface area contributed by atoms with Crippen LogP contribution in [0.1, 0.15) is 33.6 Å². The first-order chi connectivity index (χ1) is 5.94. The first kappa shape index (κ1) is 12.0. The molecule has 0 heterocycles. The van der Waals surface area contributed by atoms with E-state index in [1.165, 1.54) is 13.0 Å². The predicted molar refractivity (Wildman–Crippen MR) is 50.4 cm³/mol. The topological polar surface area (TPSA) is 54.4 Å². The van der Waals surface area contributed by atoms with Crippen molar-refractivity contribution in [2.75, 3.05) is 0 Å². The third kappa shape index (κ3) is 3.99. The van der Waals surface area contributed by atoms with Crippen LogP contribution in [-0.2, 0) is 9.59 Å². The van der Waals surface area contributed by atoms with Gasteiger partial charge in [0, 0.05) is 6.42 Å². The van der Waals surface area contributed by atoms with Crippen molar-refractivity contribution >= 4 is 11.6 Å². The summed E-state index contributed by atoms with van der Waals surface area (Å²) in [4.78, 5) is 22.0. The molecule has 3 heteroatoms. The molecule has 0 aliphatic carbocycles. The van der Waals surface area contributed by atoms with E-state index in [1.54, 1.807) is 13.8 Å². The molecule has 0 saturated carbocycles. The molecule has 3 nitrogen and oxygen atoms in total. The monoisotopic (exact) mass is 184 g/mol. The number of hydrogen-bond donors (Lipinski definition) is 1. The van der Waals surface area contributed by atoms with Crippen molar-refractivity contribution < 1.29 is 14.7 Å². The molecule has 0 amide bonds. The predicted octanol–water partition coefficient (Wildman–Crippen LogP) is 1.25. The van der Waals surface area contributed by atoms with Gasteiger partial charge in [-0.1, -0.05) is 13.8 Å². The van der Waals surface area contributed by atoms with Gasteiger partial charge in [0.1, 0.15) is 5.60 Å². The lowest BCUT2D eigenvalue weighted by Gasteiger charge is -2.16. The molecule has 0 bridgehead atoms. The van der Waals surface area contributed by atoms with Gasteiger partial charge in [-0.3, -0.25) is 9.59 Å². The molecule has 0 aliphatic rings. The van der Waals surface area contributed by atoms with Crippen LogP contribution in [0.15, 0.2) is 12.2 Å². The molecule has 1 unspecified atom stereocenters. The van der Waals surface area contributed by atoms with E-state index in [9.17, 15) is 14.7 Å². The molecule has 1 atom stereocenters. The fourth-order valence-corrected chi connectivity index (χ4v) is 0.640. The lowest BCUT2D eigenvalue weighted by atomic mass is 9.97. The van der Waals surface area contributed by atoms with Crippen LogP contribution >= 0.6 is 0 Å². The summed E-state index contributed by atoms with van der Waals surface area (Å²) in [5, 5.41) is 9.47. The Hall–Kier alpha value is -0.960. The van der Waals surface area contributed by atoms with Crippen molar-refractivity contribution in [3.05, 3.63) is 12.2 Å². The van der Waals surface area contributed by atoms with Gasteiger partial charge in [-0.05, 0) is 25.5 Å². The Bertz CT molecular complexity index is 226. The molecular formula is C10H16O3. The first-order valence-corrected chi connectivity index (χ1v) is 4.41. The molecule has 0 radical (unpaired) electrons. The molecular weight excluding hydrogens is 168 g/mol. The third-order valence-corrected chi connectivity index (χ3v) is 1.99. The van der Waals surface area contributed by atoms with Crippen molar-refractivity contribution in [1.29, 1.82) is 0 Å². The normalized spacial score (nSPS) is 15.7. The minimum atomic E-state index is -1.34. The Kier molecular flexibility index (Phi) is 4.56. The van der Waals surface area contributed by atoms with Gasteiger partial charge < -0.3 is 5.11 Å². The van der Waals surface area contributed by atoms with Gasteiger partial charge in [0.2, 0.25) is 0 Å². The molecule has 13 heavy (non-hydrogen) atoms. The van der Waals surface area contributed by atoms with Crippen molar-refractivity contribution in [2.24, 2.45) is 0 Å². The molecule has 0 aromatic rings. The second-order valence-corrected chi connectivity index (χ2v) is 3.14. The summed E-state index contributed by atoms with van der Waals surface area (Å²) >= 11 is 0. The SMILES string of the molecule is CCC(=O)/C=C\C(=O)C(C)(O)CC. The van der Waals surface area contributed by atoms with Crippen LogP contribution in [0.3, 0.4) is 0 Å². The maximum Gasteiger partial charge on any atom is 0.186 e. The number of allylic oxidation sites excluding steroid dienone is 1. The molecule has 0 fully saturated rings. The van der Waals surface area contributed by atoms with Gasteiger partial charge in [-0.25, -0.2) is 0 Å². The van der Waals surface area contributed by atoms with Gasteiger partial charge >= 0.3 is 0 Å². The summed E-state index contributed by atoms with van der Waals surface area (Å²) < 4.78 is 0. The quantitative estimate of drug-likeness (QED) is 0.654. The average molecular weight is 184 g/mol. The maximum absolute atomic E-state index is 11.2. The summed E-state index contributed by atoms with van der Waals surface area (Å²) in [7, 11) is 0. The lowest BCUT2D eigenvalue weighted by molar-refractivity contribution is -0.130. The highest BCUT2D eigenvalue weighted by Gasteiger charge is 2.25. The summed E-state index contributed by atoms with van der Waals surface area (Å²) in [5.41, 5.74) is -1.34. The number of carbonyl (C=O) groups is 2. The standard InChI is InChI=1S/C10H16O3/c1-4-8(11)6-7-9(12)10(3,13)5-2/h6-7,13H,4-5H2,1-3H3/b7-6-. The van der Waals surface area contributed by atoms with Crippen molar-refractivity contribution in [1.82, 2.24) is 0 Å². The molecule has 0 rings (SSSR count). The van der Waals surface area contributed by atoms with Crippen LogP contribution in [0.25, 0.3) is 0 Å². The Morgan fingerprint density at radius 3 is 2.23 bits per heavy atom.